The second-order valence-corrected chi connectivity index (χ2v) is 6.40. The number of hydrogen-bond donors (Lipinski definition) is 0. The van der Waals surface area contributed by atoms with E-state index < -0.39 is 0 Å². The molecule has 1 fully saturated rings. The van der Waals surface area contributed by atoms with Crippen molar-refractivity contribution in [2.45, 2.75) is 13.3 Å². The molecule has 2 aromatic rings. The van der Waals surface area contributed by atoms with E-state index in [0.717, 1.165) is 19.5 Å². The van der Waals surface area contributed by atoms with Crippen molar-refractivity contribution < 1.29 is 14.3 Å². The zero-order chi connectivity index (χ0) is 18.5. The van der Waals surface area contributed by atoms with Crippen molar-refractivity contribution in [2.75, 3.05) is 45.3 Å². The fourth-order valence-electron chi connectivity index (χ4n) is 3.22. The molecule has 0 aliphatic carbocycles. The van der Waals surface area contributed by atoms with Crippen LogP contribution < -0.4 is 14.4 Å². The van der Waals surface area contributed by atoms with E-state index in [-0.39, 0.29) is 5.91 Å². The molecule has 1 amide bonds. The molecular formula is C21H26N2O3. The Morgan fingerprint density at radius 2 is 1.50 bits per heavy atom. The first-order valence-corrected chi connectivity index (χ1v) is 9.01. The first kappa shape index (κ1) is 18.1. The van der Waals surface area contributed by atoms with Crippen LogP contribution in [0.15, 0.2) is 42.5 Å². The molecule has 1 aliphatic heterocycles. The van der Waals surface area contributed by atoms with Gasteiger partial charge in [-0.1, -0.05) is 19.1 Å². The number of carbonyl (C=O) groups excluding carboxylic acids is 1. The molecular weight excluding hydrogens is 328 g/mol. The van der Waals surface area contributed by atoms with Crippen LogP contribution >= 0.6 is 0 Å². The summed E-state index contributed by atoms with van der Waals surface area (Å²) in [5.74, 6) is 1.27. The summed E-state index contributed by atoms with van der Waals surface area (Å²) in [6, 6.07) is 14.0. The number of piperazine rings is 1. The normalized spacial score (nSPS) is 14.3. The van der Waals surface area contributed by atoms with Crippen molar-refractivity contribution >= 4 is 11.6 Å². The first-order chi connectivity index (χ1) is 12.6. The fourth-order valence-corrected chi connectivity index (χ4v) is 3.22. The molecule has 5 nitrogen and oxygen atoms in total. The van der Waals surface area contributed by atoms with Crippen molar-refractivity contribution in [1.82, 2.24) is 4.90 Å². The Balaban J connectivity index is 1.66. The van der Waals surface area contributed by atoms with E-state index in [0.29, 0.717) is 30.2 Å². The molecule has 1 heterocycles. The summed E-state index contributed by atoms with van der Waals surface area (Å²) in [7, 11) is 3.18. The maximum Gasteiger partial charge on any atom is 0.254 e. The van der Waals surface area contributed by atoms with Crippen LogP contribution in [0.2, 0.25) is 0 Å². The van der Waals surface area contributed by atoms with E-state index in [1.165, 1.54) is 11.3 Å². The van der Waals surface area contributed by atoms with Gasteiger partial charge in [0, 0.05) is 43.5 Å². The molecule has 0 unspecified atom stereocenters. The quantitative estimate of drug-likeness (QED) is 0.827. The molecule has 0 spiro atoms. The first-order valence-electron chi connectivity index (χ1n) is 9.01. The number of aryl methyl sites for hydroxylation is 1. The Kier molecular flexibility index (Phi) is 5.66. The summed E-state index contributed by atoms with van der Waals surface area (Å²) in [6.07, 6.45) is 1.05. The molecule has 0 saturated carbocycles. The molecule has 0 aromatic heterocycles. The van der Waals surface area contributed by atoms with Crippen molar-refractivity contribution in [1.29, 1.82) is 0 Å². The van der Waals surface area contributed by atoms with E-state index in [2.05, 4.69) is 36.1 Å². The average molecular weight is 354 g/mol. The Morgan fingerprint density at radius 3 is 2.00 bits per heavy atom. The highest BCUT2D eigenvalue weighted by Gasteiger charge is 2.23. The SMILES string of the molecule is CCc1ccc(N2CCN(C(=O)c3cc(OC)cc(OC)c3)CC2)cc1. The number of hydrogen-bond acceptors (Lipinski definition) is 4. The summed E-state index contributed by atoms with van der Waals surface area (Å²) in [5.41, 5.74) is 3.16. The van der Waals surface area contributed by atoms with Gasteiger partial charge in [-0.05, 0) is 36.2 Å². The van der Waals surface area contributed by atoms with Crippen molar-refractivity contribution in [2.24, 2.45) is 0 Å². The van der Waals surface area contributed by atoms with Crippen LogP contribution in [0, 0.1) is 0 Å². The molecule has 0 radical (unpaired) electrons. The molecule has 5 heteroatoms. The lowest BCUT2D eigenvalue weighted by Gasteiger charge is -2.36. The highest BCUT2D eigenvalue weighted by molar-refractivity contribution is 5.95. The van der Waals surface area contributed by atoms with E-state index >= 15 is 0 Å². The minimum absolute atomic E-state index is 0.0168. The van der Waals surface area contributed by atoms with Crippen LogP contribution in [0.5, 0.6) is 11.5 Å². The lowest BCUT2D eigenvalue weighted by atomic mass is 10.1. The van der Waals surface area contributed by atoms with Crippen LogP contribution in [-0.4, -0.2) is 51.2 Å². The highest BCUT2D eigenvalue weighted by atomic mass is 16.5. The molecule has 0 N–H and O–H groups in total. The minimum Gasteiger partial charge on any atom is -0.497 e. The van der Waals surface area contributed by atoms with Crippen LogP contribution in [0.25, 0.3) is 0 Å². The maximum atomic E-state index is 12.9. The standard InChI is InChI=1S/C21H26N2O3/c1-4-16-5-7-18(8-6-16)22-9-11-23(12-10-22)21(24)17-13-19(25-2)15-20(14-17)26-3/h5-8,13-15H,4,9-12H2,1-3H3. The Bertz CT molecular complexity index is 728. The molecule has 26 heavy (non-hydrogen) atoms. The van der Waals surface area contributed by atoms with Gasteiger partial charge in [-0.25, -0.2) is 0 Å². The second-order valence-electron chi connectivity index (χ2n) is 6.40. The number of benzene rings is 2. The van der Waals surface area contributed by atoms with Gasteiger partial charge in [0.2, 0.25) is 0 Å². The van der Waals surface area contributed by atoms with Crippen LogP contribution in [0.4, 0.5) is 5.69 Å². The van der Waals surface area contributed by atoms with Gasteiger partial charge < -0.3 is 19.3 Å². The predicted octanol–water partition coefficient (Wildman–Crippen LogP) is 3.23. The van der Waals surface area contributed by atoms with Gasteiger partial charge in [0.1, 0.15) is 11.5 Å². The van der Waals surface area contributed by atoms with Crippen molar-refractivity contribution in [3.8, 4) is 11.5 Å². The molecule has 0 bridgehead atoms. The number of ether oxygens (including phenoxy) is 2. The summed E-state index contributed by atoms with van der Waals surface area (Å²) < 4.78 is 10.5. The smallest absolute Gasteiger partial charge is 0.254 e. The van der Waals surface area contributed by atoms with Gasteiger partial charge >= 0.3 is 0 Å². The van der Waals surface area contributed by atoms with Gasteiger partial charge in [-0.15, -0.1) is 0 Å². The molecule has 1 saturated heterocycles. The number of methoxy groups -OCH3 is 2. The number of rotatable bonds is 5. The summed E-state index contributed by atoms with van der Waals surface area (Å²) in [6.45, 7) is 5.23. The Hall–Kier alpha value is -2.69. The maximum absolute atomic E-state index is 12.9. The largest absolute Gasteiger partial charge is 0.497 e. The van der Waals surface area contributed by atoms with Crippen molar-refractivity contribution in [3.05, 3.63) is 53.6 Å². The number of amides is 1. The van der Waals surface area contributed by atoms with Gasteiger partial charge in [0.05, 0.1) is 14.2 Å². The second kappa shape index (κ2) is 8.13. The monoisotopic (exact) mass is 354 g/mol. The lowest BCUT2D eigenvalue weighted by molar-refractivity contribution is 0.0746. The van der Waals surface area contributed by atoms with Crippen LogP contribution in [-0.2, 0) is 6.42 Å². The van der Waals surface area contributed by atoms with Gasteiger partial charge in [-0.3, -0.25) is 4.79 Å². The van der Waals surface area contributed by atoms with Gasteiger partial charge in [-0.2, -0.15) is 0 Å². The van der Waals surface area contributed by atoms with Crippen LogP contribution in [0.1, 0.15) is 22.8 Å². The zero-order valence-corrected chi connectivity index (χ0v) is 15.7. The lowest BCUT2D eigenvalue weighted by Crippen LogP contribution is -2.48. The average Bonchev–Trinajstić information content (AvgIpc) is 2.73. The minimum atomic E-state index is 0.0168. The van der Waals surface area contributed by atoms with E-state index in [1.54, 1.807) is 32.4 Å². The Labute approximate surface area is 155 Å². The molecule has 3 rings (SSSR count). The topological polar surface area (TPSA) is 42.0 Å². The fraction of sp³-hybridized carbons (Fsp3) is 0.381. The van der Waals surface area contributed by atoms with Gasteiger partial charge in [0.25, 0.3) is 5.91 Å². The van der Waals surface area contributed by atoms with Crippen LogP contribution in [0.3, 0.4) is 0 Å². The summed E-state index contributed by atoms with van der Waals surface area (Å²) in [4.78, 5) is 17.1. The van der Waals surface area contributed by atoms with Crippen molar-refractivity contribution in [3.63, 3.8) is 0 Å². The third kappa shape index (κ3) is 3.93. The summed E-state index contributed by atoms with van der Waals surface area (Å²) in [5, 5.41) is 0. The highest BCUT2D eigenvalue weighted by Crippen LogP contribution is 2.24. The zero-order valence-electron chi connectivity index (χ0n) is 15.7. The molecule has 1 aliphatic rings. The van der Waals surface area contributed by atoms with Gasteiger partial charge in [0.15, 0.2) is 0 Å². The predicted molar refractivity (Wildman–Crippen MR) is 103 cm³/mol. The number of nitrogens with zero attached hydrogens (tertiary/aromatic N) is 2. The number of carbonyl (C=O) groups is 1. The molecule has 2 aromatic carbocycles. The third-order valence-electron chi connectivity index (χ3n) is 4.88. The Morgan fingerprint density at radius 1 is 0.923 bits per heavy atom. The number of anilines is 1. The molecule has 138 valence electrons. The van der Waals surface area contributed by atoms with E-state index in [1.807, 2.05) is 4.90 Å². The van der Waals surface area contributed by atoms with E-state index in [4.69, 9.17) is 9.47 Å². The third-order valence-corrected chi connectivity index (χ3v) is 4.88. The van der Waals surface area contributed by atoms with E-state index in [9.17, 15) is 4.79 Å². The molecule has 0 atom stereocenters. The summed E-state index contributed by atoms with van der Waals surface area (Å²) >= 11 is 0.